The Morgan fingerprint density at radius 2 is 1.58 bits per heavy atom. The lowest BCUT2D eigenvalue weighted by Gasteiger charge is -2.24. The number of carbonyl (C=O) groups excluding carboxylic acids is 2. The van der Waals surface area contributed by atoms with Crippen LogP contribution >= 0.6 is 11.8 Å². The maximum absolute atomic E-state index is 13.5. The van der Waals surface area contributed by atoms with Crippen molar-refractivity contribution in [2.24, 2.45) is 0 Å². The zero-order valence-electron chi connectivity index (χ0n) is 20.6. The van der Waals surface area contributed by atoms with E-state index in [0.717, 1.165) is 27.6 Å². The number of nitrogens with one attached hydrogen (secondary N) is 1. The van der Waals surface area contributed by atoms with Gasteiger partial charge in [-0.1, -0.05) is 31.0 Å². The van der Waals surface area contributed by atoms with Crippen molar-refractivity contribution in [2.45, 2.75) is 36.5 Å². The minimum atomic E-state index is -4.01. The van der Waals surface area contributed by atoms with Gasteiger partial charge in [0.25, 0.3) is 10.0 Å². The lowest BCUT2D eigenvalue weighted by Crippen LogP contribution is -2.38. The second-order valence-electron chi connectivity index (χ2n) is 8.14. The van der Waals surface area contributed by atoms with Crippen molar-refractivity contribution in [1.29, 1.82) is 0 Å². The predicted molar refractivity (Wildman–Crippen MR) is 144 cm³/mol. The maximum atomic E-state index is 13.5. The van der Waals surface area contributed by atoms with Crippen molar-refractivity contribution in [2.75, 3.05) is 29.0 Å². The van der Waals surface area contributed by atoms with E-state index in [1.54, 1.807) is 72.8 Å². The van der Waals surface area contributed by atoms with Crippen molar-refractivity contribution in [1.82, 2.24) is 0 Å². The first-order valence-electron chi connectivity index (χ1n) is 11.5. The molecule has 0 saturated carbocycles. The molecule has 0 aliphatic carbocycles. The average Bonchev–Trinajstić information content (AvgIpc) is 2.88. The van der Waals surface area contributed by atoms with Crippen LogP contribution in [0.2, 0.25) is 0 Å². The predicted octanol–water partition coefficient (Wildman–Crippen LogP) is 5.51. The van der Waals surface area contributed by atoms with E-state index in [2.05, 4.69) is 5.32 Å². The Labute approximate surface area is 216 Å². The molecule has 9 heteroatoms. The molecule has 0 saturated heterocycles. The van der Waals surface area contributed by atoms with Crippen LogP contribution in [0.5, 0.6) is 0 Å². The Bertz CT molecular complexity index is 1270. The number of esters is 1. The molecule has 0 aliphatic heterocycles. The topological polar surface area (TPSA) is 92.8 Å². The molecule has 0 unspecified atom stereocenters. The number of hydrogen-bond acceptors (Lipinski definition) is 6. The SMILES string of the molecule is CCCCOC(=O)c1ccc(NC(=O)CN(c2ccc(C)cc2)S(=O)(=O)c2ccc(SC)cc2)cc1. The molecule has 3 aromatic rings. The van der Waals surface area contributed by atoms with Crippen molar-refractivity contribution in [3.05, 3.63) is 83.9 Å². The van der Waals surface area contributed by atoms with Crippen LogP contribution in [0.25, 0.3) is 0 Å². The summed E-state index contributed by atoms with van der Waals surface area (Å²) in [7, 11) is -4.01. The van der Waals surface area contributed by atoms with Crippen LogP contribution in [-0.2, 0) is 19.6 Å². The summed E-state index contributed by atoms with van der Waals surface area (Å²) >= 11 is 1.51. The summed E-state index contributed by atoms with van der Waals surface area (Å²) in [5.41, 5.74) is 2.17. The Kier molecular flexibility index (Phi) is 9.55. The number of benzene rings is 3. The molecule has 3 rings (SSSR count). The molecule has 36 heavy (non-hydrogen) atoms. The van der Waals surface area contributed by atoms with Gasteiger partial charge in [0.1, 0.15) is 6.54 Å². The fourth-order valence-electron chi connectivity index (χ4n) is 3.31. The van der Waals surface area contributed by atoms with Crippen molar-refractivity contribution >= 4 is 45.0 Å². The van der Waals surface area contributed by atoms with E-state index in [-0.39, 0.29) is 4.90 Å². The zero-order valence-corrected chi connectivity index (χ0v) is 22.2. The molecule has 7 nitrogen and oxygen atoms in total. The van der Waals surface area contributed by atoms with Crippen molar-refractivity contribution in [3.63, 3.8) is 0 Å². The molecule has 0 spiro atoms. The second kappa shape index (κ2) is 12.6. The minimum absolute atomic E-state index is 0.0969. The summed E-state index contributed by atoms with van der Waals surface area (Å²) in [4.78, 5) is 26.0. The molecule has 1 amide bonds. The smallest absolute Gasteiger partial charge is 0.338 e. The van der Waals surface area contributed by atoms with Crippen LogP contribution < -0.4 is 9.62 Å². The summed E-state index contributed by atoms with van der Waals surface area (Å²) in [6.45, 7) is 3.85. The summed E-state index contributed by atoms with van der Waals surface area (Å²) < 4.78 is 33.3. The number of carbonyl (C=O) groups is 2. The van der Waals surface area contributed by atoms with Gasteiger partial charge in [-0.05, 0) is 80.3 Å². The third-order valence-corrected chi connectivity index (χ3v) is 7.92. The fraction of sp³-hybridized carbons (Fsp3) is 0.259. The van der Waals surface area contributed by atoms with Gasteiger partial charge in [0, 0.05) is 10.6 Å². The summed E-state index contributed by atoms with van der Waals surface area (Å²) in [5.74, 6) is -0.941. The summed E-state index contributed by atoms with van der Waals surface area (Å²) in [5, 5.41) is 2.71. The van der Waals surface area contributed by atoms with Crippen LogP contribution in [0.15, 0.2) is 82.6 Å². The molecule has 0 radical (unpaired) electrons. The van der Waals surface area contributed by atoms with E-state index in [1.807, 2.05) is 20.1 Å². The first-order chi connectivity index (χ1) is 17.2. The number of amides is 1. The quantitative estimate of drug-likeness (QED) is 0.201. The monoisotopic (exact) mass is 526 g/mol. The number of thioether (sulfide) groups is 1. The van der Waals surface area contributed by atoms with Crippen LogP contribution in [-0.4, -0.2) is 39.7 Å². The van der Waals surface area contributed by atoms with E-state index in [9.17, 15) is 18.0 Å². The Morgan fingerprint density at radius 3 is 2.17 bits per heavy atom. The highest BCUT2D eigenvalue weighted by Gasteiger charge is 2.27. The third-order valence-electron chi connectivity index (χ3n) is 5.39. The zero-order chi connectivity index (χ0) is 26.1. The number of ether oxygens (including phenoxy) is 1. The van der Waals surface area contributed by atoms with E-state index in [4.69, 9.17) is 4.74 Å². The maximum Gasteiger partial charge on any atom is 0.338 e. The molecule has 0 heterocycles. The first kappa shape index (κ1) is 27.3. The molecule has 1 N–H and O–H groups in total. The van der Waals surface area contributed by atoms with Crippen LogP contribution in [0.3, 0.4) is 0 Å². The number of hydrogen-bond donors (Lipinski definition) is 1. The van der Waals surface area contributed by atoms with E-state index >= 15 is 0 Å². The number of anilines is 2. The number of rotatable bonds is 11. The molecule has 190 valence electrons. The highest BCUT2D eigenvalue weighted by Crippen LogP contribution is 2.26. The van der Waals surface area contributed by atoms with E-state index in [0.29, 0.717) is 23.5 Å². The highest BCUT2D eigenvalue weighted by atomic mass is 32.2. The molecular formula is C27H30N2O5S2. The molecule has 0 bridgehead atoms. The van der Waals surface area contributed by atoms with Gasteiger partial charge in [0.05, 0.1) is 22.8 Å². The number of sulfonamides is 1. The van der Waals surface area contributed by atoms with Gasteiger partial charge in [-0.2, -0.15) is 0 Å². The number of aryl methyl sites for hydroxylation is 1. The molecule has 3 aromatic carbocycles. The van der Waals surface area contributed by atoms with Crippen LogP contribution in [0.1, 0.15) is 35.7 Å². The van der Waals surface area contributed by atoms with E-state index < -0.39 is 28.4 Å². The molecule has 0 aromatic heterocycles. The summed E-state index contributed by atoms with van der Waals surface area (Å²) in [6.07, 6.45) is 3.63. The van der Waals surface area contributed by atoms with Gasteiger partial charge in [-0.3, -0.25) is 9.10 Å². The molecule has 0 aliphatic rings. The summed E-state index contributed by atoms with van der Waals surface area (Å²) in [6, 6.07) is 19.8. The van der Waals surface area contributed by atoms with Gasteiger partial charge in [0.15, 0.2) is 0 Å². The molecule has 0 atom stereocenters. The van der Waals surface area contributed by atoms with Crippen molar-refractivity contribution in [3.8, 4) is 0 Å². The van der Waals surface area contributed by atoms with Gasteiger partial charge < -0.3 is 10.1 Å². The van der Waals surface area contributed by atoms with Crippen LogP contribution in [0, 0.1) is 6.92 Å². The Morgan fingerprint density at radius 1 is 0.944 bits per heavy atom. The molecule has 0 fully saturated rings. The van der Waals surface area contributed by atoms with Crippen molar-refractivity contribution < 1.29 is 22.7 Å². The normalized spacial score (nSPS) is 11.1. The van der Waals surface area contributed by atoms with Crippen LogP contribution in [0.4, 0.5) is 11.4 Å². The highest BCUT2D eigenvalue weighted by molar-refractivity contribution is 7.98. The number of unbranched alkanes of at least 4 members (excludes halogenated alkanes) is 1. The van der Waals surface area contributed by atoms with Gasteiger partial charge in [0.2, 0.25) is 5.91 Å². The largest absolute Gasteiger partial charge is 0.462 e. The number of nitrogens with zero attached hydrogens (tertiary/aromatic N) is 1. The Balaban J connectivity index is 1.78. The lowest BCUT2D eigenvalue weighted by molar-refractivity contribution is -0.114. The Hall–Kier alpha value is -3.30. The standard InChI is InChI=1S/C27H30N2O5S2/c1-4-5-18-34-27(31)21-8-10-22(11-9-21)28-26(30)19-29(23-12-6-20(2)7-13-23)36(32,33)25-16-14-24(35-3)15-17-25/h6-17H,4-5,18-19H2,1-3H3,(H,28,30). The van der Waals surface area contributed by atoms with Gasteiger partial charge >= 0.3 is 5.97 Å². The van der Waals surface area contributed by atoms with Gasteiger partial charge in [-0.25, -0.2) is 13.2 Å². The first-order valence-corrected chi connectivity index (χ1v) is 14.2. The third kappa shape index (κ3) is 7.11. The second-order valence-corrected chi connectivity index (χ2v) is 10.9. The fourth-order valence-corrected chi connectivity index (χ4v) is 5.14. The van der Waals surface area contributed by atoms with E-state index in [1.165, 1.54) is 11.8 Å². The average molecular weight is 527 g/mol. The minimum Gasteiger partial charge on any atom is -0.462 e. The molecular weight excluding hydrogens is 496 g/mol. The van der Waals surface area contributed by atoms with Gasteiger partial charge in [-0.15, -0.1) is 11.8 Å². The lowest BCUT2D eigenvalue weighted by atomic mass is 10.2.